The Morgan fingerprint density at radius 1 is 1.07 bits per heavy atom. The van der Waals surface area contributed by atoms with Crippen LogP contribution in [0.5, 0.6) is 0 Å². The summed E-state index contributed by atoms with van der Waals surface area (Å²) in [6, 6.07) is 14.6. The number of thiazole rings is 1. The monoisotopic (exact) mass is 396 g/mol. The number of anilines is 1. The highest BCUT2D eigenvalue weighted by atomic mass is 32.1. The highest BCUT2D eigenvalue weighted by Gasteiger charge is 2.21. The summed E-state index contributed by atoms with van der Waals surface area (Å²) in [5.74, 6) is 0.155. The summed E-state index contributed by atoms with van der Waals surface area (Å²) in [6.45, 7) is 2.78. The highest BCUT2D eigenvalue weighted by Crippen LogP contribution is 2.23. The molecule has 2 aromatic carbocycles. The zero-order valence-corrected chi connectivity index (χ0v) is 16.1. The van der Waals surface area contributed by atoms with E-state index in [0.717, 1.165) is 34.0 Å². The van der Waals surface area contributed by atoms with E-state index in [1.54, 1.807) is 23.5 Å². The van der Waals surface area contributed by atoms with Crippen molar-refractivity contribution in [2.24, 2.45) is 0 Å². The van der Waals surface area contributed by atoms with Crippen LogP contribution < -0.4 is 4.90 Å². The quantitative estimate of drug-likeness (QED) is 0.487. The van der Waals surface area contributed by atoms with E-state index in [1.165, 1.54) is 12.1 Å². The van der Waals surface area contributed by atoms with Crippen LogP contribution in [0.2, 0.25) is 0 Å². The van der Waals surface area contributed by atoms with Gasteiger partial charge in [-0.3, -0.25) is 14.9 Å². The first-order chi connectivity index (χ1) is 13.6. The Balaban J connectivity index is 1.29. The lowest BCUT2D eigenvalue weighted by molar-refractivity contribution is -0.384. The number of nitro benzene ring substituents is 1. The Morgan fingerprint density at radius 3 is 2.46 bits per heavy atom. The summed E-state index contributed by atoms with van der Waals surface area (Å²) < 4.78 is 1.15. The van der Waals surface area contributed by atoms with Crippen LogP contribution in [0.3, 0.4) is 0 Å². The summed E-state index contributed by atoms with van der Waals surface area (Å²) in [5.41, 5.74) is 2.03. The number of amides is 1. The van der Waals surface area contributed by atoms with Crippen LogP contribution >= 0.6 is 11.3 Å². The van der Waals surface area contributed by atoms with E-state index in [9.17, 15) is 14.9 Å². The molecule has 0 radical (unpaired) electrons. The first-order valence-corrected chi connectivity index (χ1v) is 10.0. The van der Waals surface area contributed by atoms with E-state index >= 15 is 0 Å². The highest BCUT2D eigenvalue weighted by molar-refractivity contribution is 7.18. The number of para-hydroxylation sites is 1. The molecule has 28 heavy (non-hydrogen) atoms. The molecule has 4 rings (SSSR count). The van der Waals surface area contributed by atoms with Crippen molar-refractivity contribution in [1.82, 2.24) is 9.88 Å². The minimum atomic E-state index is -0.397. The third-order valence-corrected chi connectivity index (χ3v) is 6.05. The zero-order chi connectivity index (χ0) is 19.5. The van der Waals surface area contributed by atoms with Crippen molar-refractivity contribution in [1.29, 1.82) is 0 Å². The number of aryl methyl sites for hydroxylation is 1. The molecule has 0 saturated carbocycles. The van der Waals surface area contributed by atoms with Crippen molar-refractivity contribution in [3.05, 3.63) is 63.7 Å². The lowest BCUT2D eigenvalue weighted by Gasteiger charge is -2.36. The Morgan fingerprint density at radius 2 is 1.79 bits per heavy atom. The number of hydrogen-bond donors (Lipinski definition) is 0. The Bertz CT molecular complexity index is 961. The maximum Gasteiger partial charge on any atom is 0.269 e. The first-order valence-electron chi connectivity index (χ1n) is 9.22. The normalized spacial score (nSPS) is 14.4. The van der Waals surface area contributed by atoms with Crippen LogP contribution in [-0.2, 0) is 11.2 Å². The molecule has 1 fully saturated rings. The van der Waals surface area contributed by atoms with Crippen molar-refractivity contribution in [3.63, 3.8) is 0 Å². The average Bonchev–Trinajstić information content (AvgIpc) is 3.15. The number of carbonyl (C=O) groups excluding carboxylic acids is 1. The van der Waals surface area contributed by atoms with E-state index in [0.29, 0.717) is 25.9 Å². The number of aromatic nitrogens is 1. The van der Waals surface area contributed by atoms with Gasteiger partial charge in [-0.2, -0.15) is 0 Å². The molecule has 3 aromatic rings. The molecule has 0 N–H and O–H groups in total. The van der Waals surface area contributed by atoms with Gasteiger partial charge in [-0.15, -0.1) is 11.3 Å². The van der Waals surface area contributed by atoms with Crippen LogP contribution in [0.15, 0.2) is 48.5 Å². The van der Waals surface area contributed by atoms with Gasteiger partial charge in [0.05, 0.1) is 20.1 Å². The molecule has 144 valence electrons. The van der Waals surface area contributed by atoms with Crippen molar-refractivity contribution in [3.8, 4) is 0 Å². The molecule has 0 aliphatic carbocycles. The van der Waals surface area contributed by atoms with Crippen molar-refractivity contribution < 1.29 is 9.72 Å². The third-order valence-electron chi connectivity index (χ3n) is 4.95. The number of nitrogens with zero attached hydrogens (tertiary/aromatic N) is 4. The van der Waals surface area contributed by atoms with Gasteiger partial charge in [0.15, 0.2) is 0 Å². The fourth-order valence-electron chi connectivity index (χ4n) is 3.40. The second-order valence-electron chi connectivity index (χ2n) is 6.72. The average molecular weight is 396 g/mol. The van der Waals surface area contributed by atoms with Crippen molar-refractivity contribution >= 4 is 38.8 Å². The largest absolute Gasteiger partial charge is 0.368 e. The maximum absolute atomic E-state index is 12.6. The smallest absolute Gasteiger partial charge is 0.269 e. The molecule has 1 aliphatic heterocycles. The minimum Gasteiger partial charge on any atom is -0.368 e. The summed E-state index contributed by atoms with van der Waals surface area (Å²) in [6.07, 6.45) is 1.14. The molecule has 1 amide bonds. The van der Waals surface area contributed by atoms with Gasteiger partial charge in [0.2, 0.25) is 5.91 Å². The summed E-state index contributed by atoms with van der Waals surface area (Å²) in [4.78, 5) is 31.6. The van der Waals surface area contributed by atoms with Crippen LogP contribution in [0.4, 0.5) is 11.4 Å². The minimum absolute atomic E-state index is 0.0902. The van der Waals surface area contributed by atoms with Gasteiger partial charge in [0.25, 0.3) is 5.69 Å². The molecule has 1 saturated heterocycles. The number of hydrogen-bond acceptors (Lipinski definition) is 6. The van der Waals surface area contributed by atoms with Crippen molar-refractivity contribution in [2.45, 2.75) is 12.8 Å². The first kappa shape index (κ1) is 18.4. The molecule has 0 spiro atoms. The maximum atomic E-state index is 12.6. The molecule has 1 aromatic heterocycles. The number of nitro groups is 1. The zero-order valence-electron chi connectivity index (χ0n) is 15.3. The number of piperazine rings is 1. The molecule has 0 bridgehead atoms. The van der Waals surface area contributed by atoms with Crippen LogP contribution in [0, 0.1) is 10.1 Å². The van der Waals surface area contributed by atoms with Crippen LogP contribution in [0.1, 0.15) is 11.4 Å². The SMILES string of the molecule is O=C(CCc1nc2ccccc2s1)N1CCN(c2ccc([N+](=O)[O-])cc2)CC1. The lowest BCUT2D eigenvalue weighted by Crippen LogP contribution is -2.48. The Labute approximate surface area is 166 Å². The molecule has 0 unspecified atom stereocenters. The van der Waals surface area contributed by atoms with Gasteiger partial charge >= 0.3 is 0 Å². The van der Waals surface area contributed by atoms with E-state index in [-0.39, 0.29) is 11.6 Å². The molecule has 2 heterocycles. The standard InChI is InChI=1S/C20H20N4O3S/c25-20(10-9-19-21-17-3-1-2-4-18(17)28-19)23-13-11-22(12-14-23)15-5-7-16(8-6-15)24(26)27/h1-8H,9-14H2. The molecule has 8 heteroatoms. The second-order valence-corrected chi connectivity index (χ2v) is 7.83. The van der Waals surface area contributed by atoms with Gasteiger partial charge < -0.3 is 9.80 Å². The van der Waals surface area contributed by atoms with Gasteiger partial charge in [-0.05, 0) is 24.3 Å². The predicted molar refractivity (Wildman–Crippen MR) is 110 cm³/mol. The number of carbonyl (C=O) groups is 1. The third kappa shape index (κ3) is 3.96. The van der Waals surface area contributed by atoms with Crippen LogP contribution in [0.25, 0.3) is 10.2 Å². The van der Waals surface area contributed by atoms with Crippen molar-refractivity contribution in [2.75, 3.05) is 31.1 Å². The van der Waals surface area contributed by atoms with Gasteiger partial charge in [-0.25, -0.2) is 4.98 Å². The van der Waals surface area contributed by atoms with E-state index in [4.69, 9.17) is 0 Å². The van der Waals surface area contributed by atoms with E-state index < -0.39 is 4.92 Å². The summed E-state index contributed by atoms with van der Waals surface area (Å²) in [7, 11) is 0. The Hall–Kier alpha value is -3.00. The summed E-state index contributed by atoms with van der Waals surface area (Å²) in [5, 5.41) is 11.8. The fraction of sp³-hybridized carbons (Fsp3) is 0.300. The molecular formula is C20H20N4O3S. The molecule has 0 atom stereocenters. The lowest BCUT2D eigenvalue weighted by atomic mass is 10.2. The number of benzene rings is 2. The molecule has 7 nitrogen and oxygen atoms in total. The second kappa shape index (κ2) is 7.93. The Kier molecular flexibility index (Phi) is 5.21. The number of non-ortho nitro benzene ring substituents is 1. The van der Waals surface area contributed by atoms with Gasteiger partial charge in [0.1, 0.15) is 0 Å². The number of fused-ring (bicyclic) bond motifs is 1. The van der Waals surface area contributed by atoms with Crippen LogP contribution in [-0.4, -0.2) is 46.9 Å². The predicted octanol–water partition coefficient (Wildman–Crippen LogP) is 3.49. The van der Waals surface area contributed by atoms with E-state index in [2.05, 4.69) is 16.0 Å². The molecule has 1 aliphatic rings. The topological polar surface area (TPSA) is 79.6 Å². The summed E-state index contributed by atoms with van der Waals surface area (Å²) >= 11 is 1.65. The number of rotatable bonds is 5. The van der Waals surface area contributed by atoms with Gasteiger partial charge in [0, 0.05) is 56.8 Å². The van der Waals surface area contributed by atoms with E-state index in [1.807, 2.05) is 23.1 Å². The van der Waals surface area contributed by atoms with Gasteiger partial charge in [-0.1, -0.05) is 12.1 Å². The molecular weight excluding hydrogens is 376 g/mol. The fourth-order valence-corrected chi connectivity index (χ4v) is 4.36.